The number of esters is 1. The predicted molar refractivity (Wildman–Crippen MR) is 70.5 cm³/mol. The van der Waals surface area contributed by atoms with Crippen molar-refractivity contribution in [2.75, 3.05) is 6.61 Å². The lowest BCUT2D eigenvalue weighted by atomic mass is 10.1. The smallest absolute Gasteiger partial charge is 0.341 e. The van der Waals surface area contributed by atoms with E-state index in [1.807, 2.05) is 22.6 Å². The quantitative estimate of drug-likeness (QED) is 0.323. The molecule has 0 saturated heterocycles. The number of ether oxygens (including phenoxy) is 1. The van der Waals surface area contributed by atoms with E-state index in [0.717, 1.165) is 6.20 Å². The maximum absolute atomic E-state index is 12.8. The van der Waals surface area contributed by atoms with Gasteiger partial charge in [-0.25, -0.2) is 18.6 Å². The Balaban J connectivity index is 3.35. The summed E-state index contributed by atoms with van der Waals surface area (Å²) in [5.74, 6) is -0.624. The van der Waals surface area contributed by atoms with Gasteiger partial charge in [-0.3, -0.25) is 0 Å². The fourth-order valence-electron chi connectivity index (χ4n) is 1.28. The minimum atomic E-state index is -2.67. The molecule has 0 aliphatic carbocycles. The number of halogens is 4. The van der Waals surface area contributed by atoms with Gasteiger partial charge in [-0.1, -0.05) is 15.9 Å². The number of carbonyl (C=O) groups excluding carboxylic acids is 1. The molecule has 0 aliphatic heterocycles. The second-order valence-electron chi connectivity index (χ2n) is 3.01. The Morgan fingerprint density at radius 2 is 2.29 bits per heavy atom. The Morgan fingerprint density at radius 3 is 2.76 bits per heavy atom. The molecular formula is C10H9BrF2INO2. The molecule has 0 aliphatic rings. The number of alkyl halides is 3. The van der Waals surface area contributed by atoms with Gasteiger partial charge in [0.05, 0.1) is 12.2 Å². The standard InChI is InChI=1S/C10H9BrF2INO2/c1-2-17-10(16)7-5(3-11)6(8(12)13)4-15-9(7)14/h4,8H,2-3H2,1H3. The van der Waals surface area contributed by atoms with Crippen molar-refractivity contribution in [1.29, 1.82) is 0 Å². The molecule has 0 aromatic carbocycles. The Labute approximate surface area is 119 Å². The molecule has 0 bridgehead atoms. The number of carbonyl (C=O) groups is 1. The third kappa shape index (κ3) is 3.34. The van der Waals surface area contributed by atoms with Crippen LogP contribution in [0.4, 0.5) is 8.78 Å². The molecule has 1 heterocycles. The minimum absolute atomic E-state index is 0.113. The molecule has 17 heavy (non-hydrogen) atoms. The molecule has 0 spiro atoms. The molecule has 7 heteroatoms. The zero-order valence-electron chi connectivity index (χ0n) is 8.84. The zero-order valence-corrected chi connectivity index (χ0v) is 12.6. The summed E-state index contributed by atoms with van der Waals surface area (Å²) in [5.41, 5.74) is 0.102. The highest BCUT2D eigenvalue weighted by Gasteiger charge is 2.23. The van der Waals surface area contributed by atoms with Crippen LogP contribution in [0.5, 0.6) is 0 Å². The van der Waals surface area contributed by atoms with Crippen LogP contribution >= 0.6 is 38.5 Å². The molecule has 3 nitrogen and oxygen atoms in total. The molecular weight excluding hydrogens is 411 g/mol. The summed E-state index contributed by atoms with van der Waals surface area (Å²) < 4.78 is 30.7. The average molecular weight is 420 g/mol. The fourth-order valence-corrected chi connectivity index (χ4v) is 2.57. The Kier molecular flexibility index (Phi) is 5.71. The highest BCUT2D eigenvalue weighted by molar-refractivity contribution is 14.1. The molecule has 0 atom stereocenters. The second kappa shape index (κ2) is 6.58. The van der Waals surface area contributed by atoms with Crippen molar-refractivity contribution in [1.82, 2.24) is 4.98 Å². The second-order valence-corrected chi connectivity index (χ2v) is 4.60. The van der Waals surface area contributed by atoms with Gasteiger partial charge in [-0.2, -0.15) is 0 Å². The molecule has 0 saturated carbocycles. The lowest BCUT2D eigenvalue weighted by Crippen LogP contribution is -2.13. The van der Waals surface area contributed by atoms with E-state index in [4.69, 9.17) is 4.74 Å². The van der Waals surface area contributed by atoms with E-state index < -0.39 is 12.4 Å². The molecule has 1 aromatic heterocycles. The monoisotopic (exact) mass is 419 g/mol. The van der Waals surface area contributed by atoms with Crippen molar-refractivity contribution in [2.24, 2.45) is 0 Å². The third-order valence-electron chi connectivity index (χ3n) is 2.02. The molecule has 94 valence electrons. The van der Waals surface area contributed by atoms with Gasteiger partial charge in [0.1, 0.15) is 3.70 Å². The number of pyridine rings is 1. The molecule has 1 rings (SSSR count). The largest absolute Gasteiger partial charge is 0.462 e. The fraction of sp³-hybridized carbons (Fsp3) is 0.400. The van der Waals surface area contributed by atoms with Gasteiger partial charge in [-0.05, 0) is 35.1 Å². The van der Waals surface area contributed by atoms with Crippen molar-refractivity contribution in [3.8, 4) is 0 Å². The Hall–Kier alpha value is -0.310. The zero-order chi connectivity index (χ0) is 13.0. The Morgan fingerprint density at radius 1 is 1.65 bits per heavy atom. The normalized spacial score (nSPS) is 10.7. The van der Waals surface area contributed by atoms with E-state index in [1.165, 1.54) is 0 Å². The van der Waals surface area contributed by atoms with Crippen molar-refractivity contribution in [2.45, 2.75) is 18.7 Å². The third-order valence-corrected chi connectivity index (χ3v) is 3.40. The molecule has 0 amide bonds. The SMILES string of the molecule is CCOC(=O)c1c(I)ncc(C(F)F)c1CBr. The van der Waals surface area contributed by atoms with Gasteiger partial charge in [-0.15, -0.1) is 0 Å². The molecule has 0 unspecified atom stereocenters. The summed E-state index contributed by atoms with van der Waals surface area (Å²) in [5, 5.41) is 0.152. The summed E-state index contributed by atoms with van der Waals surface area (Å²) in [7, 11) is 0. The number of rotatable bonds is 4. The van der Waals surface area contributed by atoms with Crippen molar-refractivity contribution in [3.63, 3.8) is 0 Å². The van der Waals surface area contributed by atoms with Gasteiger partial charge in [0.15, 0.2) is 0 Å². The predicted octanol–water partition coefficient (Wildman–Crippen LogP) is 3.70. The van der Waals surface area contributed by atoms with Crippen LogP contribution in [-0.2, 0) is 10.1 Å². The molecule has 0 fully saturated rings. The van der Waals surface area contributed by atoms with Crippen LogP contribution in [0.1, 0.15) is 34.8 Å². The topological polar surface area (TPSA) is 39.2 Å². The first-order chi connectivity index (χ1) is 8.02. The number of hydrogen-bond donors (Lipinski definition) is 0. The van der Waals surface area contributed by atoms with Crippen LogP contribution in [0, 0.1) is 3.70 Å². The lowest BCUT2D eigenvalue weighted by molar-refractivity contribution is 0.0523. The van der Waals surface area contributed by atoms with E-state index in [0.29, 0.717) is 3.70 Å². The van der Waals surface area contributed by atoms with Crippen molar-refractivity contribution >= 4 is 44.5 Å². The first-order valence-corrected chi connectivity index (χ1v) is 6.91. The number of nitrogens with zero attached hydrogens (tertiary/aromatic N) is 1. The summed E-state index contributed by atoms with van der Waals surface area (Å²) in [6, 6.07) is 0. The van der Waals surface area contributed by atoms with Crippen LogP contribution in [0.15, 0.2) is 6.20 Å². The Bertz CT molecular complexity index is 429. The van der Waals surface area contributed by atoms with Crippen LogP contribution in [-0.4, -0.2) is 17.6 Å². The van der Waals surface area contributed by atoms with Crippen LogP contribution in [0.25, 0.3) is 0 Å². The van der Waals surface area contributed by atoms with Gasteiger partial charge in [0, 0.05) is 17.1 Å². The highest BCUT2D eigenvalue weighted by Crippen LogP contribution is 2.29. The first-order valence-electron chi connectivity index (χ1n) is 4.71. The van der Waals surface area contributed by atoms with Crippen molar-refractivity contribution in [3.05, 3.63) is 26.6 Å². The first kappa shape index (κ1) is 14.7. The number of hydrogen-bond acceptors (Lipinski definition) is 3. The van der Waals surface area contributed by atoms with Crippen LogP contribution in [0.3, 0.4) is 0 Å². The highest BCUT2D eigenvalue weighted by atomic mass is 127. The van der Waals surface area contributed by atoms with Gasteiger partial charge < -0.3 is 4.74 Å². The van der Waals surface area contributed by atoms with Gasteiger partial charge >= 0.3 is 5.97 Å². The molecule has 1 aromatic rings. The summed E-state index contributed by atoms with van der Waals surface area (Å²) in [4.78, 5) is 15.5. The van der Waals surface area contributed by atoms with E-state index in [-0.39, 0.29) is 28.6 Å². The van der Waals surface area contributed by atoms with E-state index in [2.05, 4.69) is 20.9 Å². The van der Waals surface area contributed by atoms with Crippen LogP contribution in [0.2, 0.25) is 0 Å². The van der Waals surface area contributed by atoms with Crippen LogP contribution < -0.4 is 0 Å². The number of aromatic nitrogens is 1. The van der Waals surface area contributed by atoms with E-state index in [1.54, 1.807) is 6.92 Å². The maximum atomic E-state index is 12.8. The average Bonchev–Trinajstić information content (AvgIpc) is 2.28. The van der Waals surface area contributed by atoms with Crippen molar-refractivity contribution < 1.29 is 18.3 Å². The van der Waals surface area contributed by atoms with E-state index >= 15 is 0 Å². The minimum Gasteiger partial charge on any atom is -0.462 e. The lowest BCUT2D eigenvalue weighted by Gasteiger charge is -2.12. The van der Waals surface area contributed by atoms with Gasteiger partial charge in [0.25, 0.3) is 6.43 Å². The summed E-state index contributed by atoms with van der Waals surface area (Å²) >= 11 is 4.94. The summed E-state index contributed by atoms with van der Waals surface area (Å²) in [6.07, 6.45) is -1.58. The maximum Gasteiger partial charge on any atom is 0.341 e. The molecule has 0 N–H and O–H groups in total. The summed E-state index contributed by atoms with van der Waals surface area (Å²) in [6.45, 7) is 1.85. The van der Waals surface area contributed by atoms with Gasteiger partial charge in [0.2, 0.25) is 0 Å². The van der Waals surface area contributed by atoms with E-state index in [9.17, 15) is 13.6 Å². The molecule has 0 radical (unpaired) electrons.